The highest BCUT2D eigenvalue weighted by Crippen LogP contribution is 2.23. The summed E-state index contributed by atoms with van der Waals surface area (Å²) in [5.41, 5.74) is 5.57. The van der Waals surface area contributed by atoms with E-state index in [-0.39, 0.29) is 18.3 Å². The van der Waals surface area contributed by atoms with Gasteiger partial charge in [-0.15, -0.1) is 10.2 Å². The molecular weight excluding hydrogens is 383 g/mol. The van der Waals surface area contributed by atoms with E-state index in [0.29, 0.717) is 28.2 Å². The van der Waals surface area contributed by atoms with Crippen LogP contribution < -0.4 is 10.1 Å². The first-order chi connectivity index (χ1) is 14.4. The largest absolute Gasteiger partial charge is 0.483 e. The minimum atomic E-state index is -0.320. The zero-order valence-electron chi connectivity index (χ0n) is 16.9. The van der Waals surface area contributed by atoms with Crippen LogP contribution in [0.3, 0.4) is 0 Å². The number of carbonyl (C=O) groups is 1. The van der Waals surface area contributed by atoms with E-state index in [0.717, 1.165) is 16.7 Å². The number of nitrogens with one attached hydrogen (secondary N) is 1. The van der Waals surface area contributed by atoms with Gasteiger partial charge in [0.2, 0.25) is 0 Å². The van der Waals surface area contributed by atoms with Crippen molar-refractivity contribution >= 4 is 22.6 Å². The first-order valence-electron chi connectivity index (χ1n) is 9.52. The summed E-state index contributed by atoms with van der Waals surface area (Å²) in [7, 11) is 0. The summed E-state index contributed by atoms with van der Waals surface area (Å²) in [6, 6.07) is 15.4. The molecule has 0 aliphatic carbocycles. The number of carbonyl (C=O) groups excluding carboxylic acids is 1. The fraction of sp³-hybridized carbons (Fsp3) is 0.174. The molecule has 0 fully saturated rings. The maximum absolute atomic E-state index is 13.1. The van der Waals surface area contributed by atoms with Crippen molar-refractivity contribution in [2.75, 3.05) is 11.9 Å². The van der Waals surface area contributed by atoms with E-state index in [9.17, 15) is 9.18 Å². The molecule has 0 saturated carbocycles. The van der Waals surface area contributed by atoms with Crippen molar-refractivity contribution in [2.45, 2.75) is 20.8 Å². The second kappa shape index (κ2) is 7.94. The third-order valence-electron chi connectivity index (χ3n) is 4.75. The monoisotopic (exact) mass is 404 g/mol. The normalized spacial score (nSPS) is 10.9. The van der Waals surface area contributed by atoms with E-state index in [1.54, 1.807) is 18.2 Å². The van der Waals surface area contributed by atoms with Gasteiger partial charge >= 0.3 is 0 Å². The van der Waals surface area contributed by atoms with Gasteiger partial charge in [0.25, 0.3) is 5.91 Å². The molecule has 1 aromatic heterocycles. The summed E-state index contributed by atoms with van der Waals surface area (Å²) in [6.45, 7) is 5.75. The number of benzene rings is 3. The lowest BCUT2D eigenvalue weighted by Gasteiger charge is -2.11. The highest BCUT2D eigenvalue weighted by Gasteiger charge is 2.12. The van der Waals surface area contributed by atoms with E-state index < -0.39 is 0 Å². The zero-order chi connectivity index (χ0) is 21.3. The summed E-state index contributed by atoms with van der Waals surface area (Å²) < 4.78 is 18.8. The number of aromatic nitrogens is 3. The van der Waals surface area contributed by atoms with Crippen molar-refractivity contribution in [3.8, 4) is 11.4 Å². The number of fused-ring (bicyclic) bond motifs is 1. The van der Waals surface area contributed by atoms with Gasteiger partial charge in [0.05, 0.1) is 5.69 Å². The van der Waals surface area contributed by atoms with Gasteiger partial charge in [-0.25, -0.2) is 4.39 Å². The molecule has 0 bridgehead atoms. The van der Waals surface area contributed by atoms with Crippen LogP contribution in [0.2, 0.25) is 0 Å². The van der Waals surface area contributed by atoms with Crippen molar-refractivity contribution < 1.29 is 13.9 Å². The van der Waals surface area contributed by atoms with Crippen molar-refractivity contribution in [1.29, 1.82) is 0 Å². The van der Waals surface area contributed by atoms with Gasteiger partial charge in [-0.1, -0.05) is 17.7 Å². The number of ether oxygens (including phenoxy) is 1. The molecule has 0 radical (unpaired) electrons. The van der Waals surface area contributed by atoms with Gasteiger partial charge in [-0.3, -0.25) is 4.79 Å². The summed E-state index contributed by atoms with van der Waals surface area (Å²) >= 11 is 0. The van der Waals surface area contributed by atoms with Crippen LogP contribution in [0.5, 0.6) is 5.75 Å². The van der Waals surface area contributed by atoms with Crippen LogP contribution in [0, 0.1) is 26.6 Å². The zero-order valence-corrected chi connectivity index (χ0v) is 16.9. The summed E-state index contributed by atoms with van der Waals surface area (Å²) in [5.74, 6) is 0.105. The maximum atomic E-state index is 13.1. The number of rotatable bonds is 5. The third kappa shape index (κ3) is 4.15. The summed E-state index contributed by atoms with van der Waals surface area (Å²) in [4.78, 5) is 13.8. The molecule has 6 nitrogen and oxygen atoms in total. The molecular formula is C23H21FN4O2. The molecule has 152 valence electrons. The molecule has 1 heterocycles. The Balaban J connectivity index is 1.50. The molecule has 1 amide bonds. The Morgan fingerprint density at radius 3 is 2.37 bits per heavy atom. The molecule has 0 saturated heterocycles. The number of halogens is 1. The number of amides is 1. The minimum absolute atomic E-state index is 0.0936. The third-order valence-corrected chi connectivity index (χ3v) is 4.75. The predicted molar refractivity (Wildman–Crippen MR) is 114 cm³/mol. The maximum Gasteiger partial charge on any atom is 0.262 e. The Hall–Kier alpha value is -3.74. The lowest BCUT2D eigenvalue weighted by Crippen LogP contribution is -2.20. The average Bonchev–Trinajstić information content (AvgIpc) is 3.10. The Morgan fingerprint density at radius 1 is 0.967 bits per heavy atom. The van der Waals surface area contributed by atoms with E-state index in [2.05, 4.69) is 15.5 Å². The number of hydrogen-bond acceptors (Lipinski definition) is 4. The minimum Gasteiger partial charge on any atom is -0.483 e. The Morgan fingerprint density at radius 2 is 1.67 bits per heavy atom. The molecule has 3 aromatic carbocycles. The Kier molecular flexibility index (Phi) is 5.18. The van der Waals surface area contributed by atoms with Crippen LogP contribution >= 0.6 is 0 Å². The first-order valence-corrected chi connectivity index (χ1v) is 9.52. The number of hydrogen-bond donors (Lipinski definition) is 1. The van der Waals surface area contributed by atoms with Crippen LogP contribution in [0.4, 0.5) is 10.1 Å². The first kappa shape index (κ1) is 19.6. The van der Waals surface area contributed by atoms with Gasteiger partial charge in [-0.2, -0.15) is 4.80 Å². The second-order valence-electron chi connectivity index (χ2n) is 7.23. The van der Waals surface area contributed by atoms with Crippen molar-refractivity contribution in [2.24, 2.45) is 0 Å². The van der Waals surface area contributed by atoms with E-state index >= 15 is 0 Å². The molecule has 4 aromatic rings. The van der Waals surface area contributed by atoms with Gasteiger partial charge < -0.3 is 10.1 Å². The van der Waals surface area contributed by atoms with Crippen LogP contribution in [0.25, 0.3) is 16.7 Å². The molecule has 0 aliphatic heterocycles. The lowest BCUT2D eigenvalue weighted by molar-refractivity contribution is -0.118. The van der Waals surface area contributed by atoms with Crippen LogP contribution in [0.1, 0.15) is 16.7 Å². The van der Waals surface area contributed by atoms with Crippen LogP contribution in [-0.4, -0.2) is 27.5 Å². The topological polar surface area (TPSA) is 69.0 Å². The van der Waals surface area contributed by atoms with Gasteiger partial charge in [-0.05, 0) is 74.4 Å². The van der Waals surface area contributed by atoms with Gasteiger partial charge in [0, 0.05) is 5.69 Å². The summed E-state index contributed by atoms with van der Waals surface area (Å²) in [6.07, 6.45) is 0. The fourth-order valence-corrected chi connectivity index (χ4v) is 3.18. The standard InChI is InChI=1S/C23H21FN4O2/c1-14-4-9-22(16(3)10-14)30-13-23(29)25-19-12-21-20(11-15(19)2)26-28(27-21)18-7-5-17(24)6-8-18/h4-12H,13H2,1-3H3,(H,25,29). The predicted octanol–water partition coefficient (Wildman–Crippen LogP) is 4.50. The number of nitrogens with zero attached hydrogens (tertiary/aromatic N) is 3. The van der Waals surface area contributed by atoms with E-state index in [4.69, 9.17) is 4.74 Å². The fourth-order valence-electron chi connectivity index (χ4n) is 3.18. The average molecular weight is 404 g/mol. The van der Waals surface area contributed by atoms with Gasteiger partial charge in [0.15, 0.2) is 6.61 Å². The molecule has 0 spiro atoms. The second-order valence-corrected chi connectivity index (χ2v) is 7.23. The molecule has 0 unspecified atom stereocenters. The number of aryl methyl sites for hydroxylation is 3. The van der Waals surface area contributed by atoms with Gasteiger partial charge in [0.1, 0.15) is 22.6 Å². The quantitative estimate of drug-likeness (QED) is 0.532. The molecule has 4 rings (SSSR count). The molecule has 1 N–H and O–H groups in total. The smallest absolute Gasteiger partial charge is 0.262 e. The van der Waals surface area contributed by atoms with Crippen LogP contribution in [0.15, 0.2) is 54.6 Å². The van der Waals surface area contributed by atoms with Crippen molar-refractivity contribution in [1.82, 2.24) is 15.0 Å². The summed E-state index contributed by atoms with van der Waals surface area (Å²) in [5, 5.41) is 11.7. The lowest BCUT2D eigenvalue weighted by atomic mass is 10.1. The molecule has 0 aliphatic rings. The highest BCUT2D eigenvalue weighted by molar-refractivity contribution is 5.95. The van der Waals surface area contributed by atoms with Crippen molar-refractivity contribution in [3.63, 3.8) is 0 Å². The number of anilines is 1. The molecule has 30 heavy (non-hydrogen) atoms. The molecule has 0 atom stereocenters. The Bertz CT molecular complexity index is 1230. The Labute approximate surface area is 173 Å². The molecule has 7 heteroatoms. The van der Waals surface area contributed by atoms with E-state index in [1.165, 1.54) is 16.9 Å². The highest BCUT2D eigenvalue weighted by atomic mass is 19.1. The van der Waals surface area contributed by atoms with Crippen LogP contribution in [-0.2, 0) is 4.79 Å². The SMILES string of the molecule is Cc1ccc(OCC(=O)Nc2cc3nn(-c4ccc(F)cc4)nc3cc2C)c(C)c1. The van der Waals surface area contributed by atoms with Crippen molar-refractivity contribution in [3.05, 3.63) is 77.1 Å². The van der Waals surface area contributed by atoms with E-state index in [1.807, 2.05) is 45.0 Å².